The van der Waals surface area contributed by atoms with Gasteiger partial charge in [-0.3, -0.25) is 0 Å². The molecule has 15 heavy (non-hydrogen) atoms. The molecule has 0 aliphatic heterocycles. The van der Waals surface area contributed by atoms with Crippen LogP contribution in [0.4, 0.5) is 0 Å². The molecule has 0 fully saturated rings. The Morgan fingerprint density at radius 2 is 2.07 bits per heavy atom. The first-order valence-electron chi connectivity index (χ1n) is 4.63. The van der Waals surface area contributed by atoms with Crippen molar-refractivity contribution in [3.63, 3.8) is 0 Å². The first kappa shape index (κ1) is 12.3. The topological polar surface area (TPSA) is 44.5 Å². The van der Waals surface area contributed by atoms with Gasteiger partial charge in [0.25, 0.3) is 0 Å². The van der Waals surface area contributed by atoms with Gasteiger partial charge in [-0.1, -0.05) is 11.6 Å². The lowest BCUT2D eigenvalue weighted by molar-refractivity contribution is 0.139. The summed E-state index contributed by atoms with van der Waals surface area (Å²) in [5.41, 5.74) is 6.37. The molecule has 0 saturated carbocycles. The number of nitrogens with two attached hydrogens (primary N) is 1. The van der Waals surface area contributed by atoms with E-state index in [-0.39, 0.29) is 0 Å². The third kappa shape index (κ3) is 2.84. The van der Waals surface area contributed by atoms with E-state index in [2.05, 4.69) is 0 Å². The van der Waals surface area contributed by atoms with Crippen LogP contribution in [-0.2, 0) is 10.3 Å². The maximum absolute atomic E-state index is 6.13. The van der Waals surface area contributed by atoms with Gasteiger partial charge in [-0.15, -0.1) is 0 Å². The minimum absolute atomic E-state index is 0.406. The standard InChI is InChI=1S/C11H16ClNO2/c1-11(13,7-14-2)9-6-8(12)4-5-10(9)15-3/h4-6H,7,13H2,1-3H3. The Kier molecular flexibility index (Phi) is 3.97. The number of halogens is 1. The second-order valence-electron chi connectivity index (χ2n) is 3.70. The minimum Gasteiger partial charge on any atom is -0.496 e. The van der Waals surface area contributed by atoms with E-state index in [1.54, 1.807) is 32.4 Å². The molecule has 2 N–H and O–H groups in total. The highest BCUT2D eigenvalue weighted by Gasteiger charge is 2.25. The largest absolute Gasteiger partial charge is 0.496 e. The summed E-state index contributed by atoms with van der Waals surface area (Å²) >= 11 is 5.93. The molecule has 0 bridgehead atoms. The van der Waals surface area contributed by atoms with E-state index in [1.165, 1.54) is 0 Å². The summed E-state index contributed by atoms with van der Waals surface area (Å²) in [6, 6.07) is 5.38. The summed E-state index contributed by atoms with van der Waals surface area (Å²) in [5, 5.41) is 0.638. The van der Waals surface area contributed by atoms with Gasteiger partial charge in [0.1, 0.15) is 5.75 Å². The van der Waals surface area contributed by atoms with Crippen LogP contribution in [0.1, 0.15) is 12.5 Å². The molecule has 1 aromatic carbocycles. The lowest BCUT2D eigenvalue weighted by Crippen LogP contribution is -2.38. The Labute approximate surface area is 95.1 Å². The first-order chi connectivity index (χ1) is 7.01. The fourth-order valence-corrected chi connectivity index (χ4v) is 1.68. The molecule has 0 saturated heterocycles. The van der Waals surface area contributed by atoms with Gasteiger partial charge in [0.15, 0.2) is 0 Å². The van der Waals surface area contributed by atoms with Crippen molar-refractivity contribution < 1.29 is 9.47 Å². The second kappa shape index (κ2) is 4.84. The van der Waals surface area contributed by atoms with Crippen molar-refractivity contribution in [2.75, 3.05) is 20.8 Å². The molecular formula is C11H16ClNO2. The molecule has 3 nitrogen and oxygen atoms in total. The summed E-state index contributed by atoms with van der Waals surface area (Å²) in [6.07, 6.45) is 0. The Morgan fingerprint density at radius 3 is 2.60 bits per heavy atom. The zero-order valence-electron chi connectivity index (χ0n) is 9.21. The number of benzene rings is 1. The normalized spacial score (nSPS) is 14.7. The minimum atomic E-state index is -0.606. The molecule has 1 atom stereocenters. The average Bonchev–Trinajstić information content (AvgIpc) is 2.17. The van der Waals surface area contributed by atoms with E-state index >= 15 is 0 Å². The fourth-order valence-electron chi connectivity index (χ4n) is 1.50. The molecule has 84 valence electrons. The van der Waals surface area contributed by atoms with Gasteiger partial charge in [-0.05, 0) is 25.1 Å². The Balaban J connectivity index is 3.15. The highest BCUT2D eigenvalue weighted by Crippen LogP contribution is 2.30. The third-order valence-corrected chi connectivity index (χ3v) is 2.46. The monoisotopic (exact) mass is 229 g/mol. The molecule has 0 radical (unpaired) electrons. The molecule has 0 spiro atoms. The van der Waals surface area contributed by atoms with E-state index in [4.69, 9.17) is 26.8 Å². The second-order valence-corrected chi connectivity index (χ2v) is 4.13. The number of hydrogen-bond acceptors (Lipinski definition) is 3. The number of hydrogen-bond donors (Lipinski definition) is 1. The van der Waals surface area contributed by atoms with Gasteiger partial charge in [-0.25, -0.2) is 0 Å². The van der Waals surface area contributed by atoms with Crippen LogP contribution in [0.2, 0.25) is 5.02 Å². The highest BCUT2D eigenvalue weighted by molar-refractivity contribution is 6.30. The van der Waals surface area contributed by atoms with Gasteiger partial charge < -0.3 is 15.2 Å². The first-order valence-corrected chi connectivity index (χ1v) is 5.01. The summed E-state index contributed by atoms with van der Waals surface area (Å²) < 4.78 is 10.3. The van der Waals surface area contributed by atoms with Crippen molar-refractivity contribution in [2.24, 2.45) is 5.73 Å². The van der Waals surface area contributed by atoms with Crippen molar-refractivity contribution in [2.45, 2.75) is 12.5 Å². The lowest BCUT2D eigenvalue weighted by Gasteiger charge is -2.26. The number of ether oxygens (including phenoxy) is 2. The molecule has 0 heterocycles. The van der Waals surface area contributed by atoms with Gasteiger partial charge in [-0.2, -0.15) is 0 Å². The summed E-state index contributed by atoms with van der Waals surface area (Å²) in [4.78, 5) is 0. The van der Waals surface area contributed by atoms with E-state index in [9.17, 15) is 0 Å². The molecule has 0 aromatic heterocycles. The van der Waals surface area contributed by atoms with Gasteiger partial charge in [0, 0.05) is 17.7 Å². The predicted molar refractivity (Wildman–Crippen MR) is 61.4 cm³/mol. The zero-order chi connectivity index (χ0) is 11.5. The van der Waals surface area contributed by atoms with Gasteiger partial charge in [0.05, 0.1) is 19.3 Å². The SMILES string of the molecule is COCC(C)(N)c1cc(Cl)ccc1OC. The van der Waals surface area contributed by atoms with Crippen molar-refractivity contribution in [1.82, 2.24) is 0 Å². The maximum atomic E-state index is 6.13. The molecular weight excluding hydrogens is 214 g/mol. The predicted octanol–water partition coefficient (Wildman–Crippen LogP) is 2.17. The zero-order valence-corrected chi connectivity index (χ0v) is 9.97. The Morgan fingerprint density at radius 1 is 1.40 bits per heavy atom. The summed E-state index contributed by atoms with van der Waals surface area (Å²) in [7, 11) is 3.22. The third-order valence-electron chi connectivity index (χ3n) is 2.22. The number of methoxy groups -OCH3 is 2. The molecule has 0 aliphatic carbocycles. The smallest absolute Gasteiger partial charge is 0.124 e. The van der Waals surface area contributed by atoms with E-state index in [1.807, 2.05) is 6.92 Å². The van der Waals surface area contributed by atoms with Crippen molar-refractivity contribution in [1.29, 1.82) is 0 Å². The van der Waals surface area contributed by atoms with E-state index in [0.717, 1.165) is 11.3 Å². The molecule has 1 unspecified atom stereocenters. The highest BCUT2D eigenvalue weighted by atomic mass is 35.5. The van der Waals surface area contributed by atoms with Crippen molar-refractivity contribution in [3.8, 4) is 5.75 Å². The molecule has 0 aliphatic rings. The van der Waals surface area contributed by atoms with Crippen LogP contribution in [-0.4, -0.2) is 20.8 Å². The van der Waals surface area contributed by atoms with Crippen LogP contribution in [0.3, 0.4) is 0 Å². The van der Waals surface area contributed by atoms with Crippen molar-refractivity contribution in [3.05, 3.63) is 28.8 Å². The van der Waals surface area contributed by atoms with Crippen LogP contribution >= 0.6 is 11.6 Å². The van der Waals surface area contributed by atoms with Crippen molar-refractivity contribution >= 4 is 11.6 Å². The van der Waals surface area contributed by atoms with Gasteiger partial charge in [0.2, 0.25) is 0 Å². The van der Waals surface area contributed by atoms with Crippen LogP contribution in [0, 0.1) is 0 Å². The van der Waals surface area contributed by atoms with E-state index in [0.29, 0.717) is 11.6 Å². The molecule has 4 heteroatoms. The number of rotatable bonds is 4. The average molecular weight is 230 g/mol. The van der Waals surface area contributed by atoms with E-state index < -0.39 is 5.54 Å². The molecule has 1 aromatic rings. The summed E-state index contributed by atoms with van der Waals surface area (Å²) in [6.45, 7) is 2.29. The van der Waals surface area contributed by atoms with Crippen LogP contribution in [0.15, 0.2) is 18.2 Å². The fraction of sp³-hybridized carbons (Fsp3) is 0.455. The van der Waals surface area contributed by atoms with Crippen LogP contribution in [0.5, 0.6) is 5.75 Å². The van der Waals surface area contributed by atoms with Gasteiger partial charge >= 0.3 is 0 Å². The molecule has 0 amide bonds. The Bertz CT molecular complexity index is 339. The summed E-state index contributed by atoms with van der Waals surface area (Å²) in [5.74, 6) is 0.724. The molecule has 1 rings (SSSR count). The Hall–Kier alpha value is -0.770. The van der Waals surface area contributed by atoms with Crippen LogP contribution in [0.25, 0.3) is 0 Å². The van der Waals surface area contributed by atoms with Crippen LogP contribution < -0.4 is 10.5 Å². The quantitative estimate of drug-likeness (QED) is 0.861. The lowest BCUT2D eigenvalue weighted by atomic mass is 9.93. The maximum Gasteiger partial charge on any atom is 0.124 e.